The van der Waals surface area contributed by atoms with Crippen molar-refractivity contribution in [1.29, 1.82) is 0 Å². The van der Waals surface area contributed by atoms with Crippen LogP contribution in [0.4, 0.5) is 5.69 Å². The summed E-state index contributed by atoms with van der Waals surface area (Å²) in [5.74, 6) is 0. The third kappa shape index (κ3) is 3.87. The van der Waals surface area contributed by atoms with Crippen LogP contribution in [0.2, 0.25) is 5.02 Å². The van der Waals surface area contributed by atoms with Gasteiger partial charge >= 0.3 is 0 Å². The Morgan fingerprint density at radius 2 is 2.15 bits per heavy atom. The average molecular weight is 296 g/mol. The van der Waals surface area contributed by atoms with E-state index in [1.165, 1.54) is 17.7 Å². The molecule has 0 radical (unpaired) electrons. The lowest BCUT2D eigenvalue weighted by atomic mass is 10.1. The molecule has 1 aliphatic rings. The Kier molecular flexibility index (Phi) is 5.70. The minimum absolute atomic E-state index is 0.500. The second-order valence-electron chi connectivity index (χ2n) is 5.72. The maximum atomic E-state index is 6.51. The molecule has 1 aromatic rings. The summed E-state index contributed by atoms with van der Waals surface area (Å²) in [5.41, 5.74) is 2.43. The van der Waals surface area contributed by atoms with Gasteiger partial charge in [0.15, 0.2) is 0 Å². The molecule has 1 aromatic carbocycles. The van der Waals surface area contributed by atoms with Crippen LogP contribution < -0.4 is 10.2 Å². The Morgan fingerprint density at radius 1 is 1.35 bits per heavy atom. The second kappa shape index (κ2) is 7.30. The first kappa shape index (κ1) is 15.6. The second-order valence-corrected chi connectivity index (χ2v) is 6.13. The van der Waals surface area contributed by atoms with Gasteiger partial charge in [0, 0.05) is 25.7 Å². The SMILES string of the molecule is CCNCc1ccc(N2CCCN(C)CC2C)c(Cl)c1. The van der Waals surface area contributed by atoms with E-state index in [-0.39, 0.29) is 0 Å². The van der Waals surface area contributed by atoms with Gasteiger partial charge in [0.2, 0.25) is 0 Å². The smallest absolute Gasteiger partial charge is 0.0642 e. The van der Waals surface area contributed by atoms with E-state index in [9.17, 15) is 0 Å². The molecule has 0 saturated carbocycles. The summed E-state index contributed by atoms with van der Waals surface area (Å²) in [6.07, 6.45) is 1.19. The fourth-order valence-corrected chi connectivity index (χ4v) is 3.20. The minimum atomic E-state index is 0.500. The van der Waals surface area contributed by atoms with Crippen molar-refractivity contribution in [3.05, 3.63) is 28.8 Å². The van der Waals surface area contributed by atoms with Crippen LogP contribution in [-0.2, 0) is 6.54 Å². The molecule has 0 aliphatic carbocycles. The molecule has 1 unspecified atom stereocenters. The third-order valence-corrected chi connectivity index (χ3v) is 4.25. The number of rotatable bonds is 4. The number of halogens is 1. The summed E-state index contributed by atoms with van der Waals surface area (Å²) in [7, 11) is 2.20. The first-order valence-corrected chi connectivity index (χ1v) is 7.94. The lowest BCUT2D eigenvalue weighted by Gasteiger charge is -2.31. The van der Waals surface area contributed by atoms with Crippen molar-refractivity contribution in [3.63, 3.8) is 0 Å². The Bertz CT molecular complexity index is 436. The maximum absolute atomic E-state index is 6.51. The van der Waals surface area contributed by atoms with Crippen LogP contribution >= 0.6 is 11.6 Å². The van der Waals surface area contributed by atoms with Gasteiger partial charge < -0.3 is 15.1 Å². The molecule has 1 N–H and O–H groups in total. The normalized spacial score (nSPS) is 21.0. The topological polar surface area (TPSA) is 18.5 Å². The van der Waals surface area contributed by atoms with Crippen LogP contribution in [0.25, 0.3) is 0 Å². The van der Waals surface area contributed by atoms with E-state index in [2.05, 4.69) is 54.2 Å². The number of hydrogen-bond donors (Lipinski definition) is 1. The number of anilines is 1. The van der Waals surface area contributed by atoms with E-state index in [1.807, 2.05) is 0 Å². The Labute approximate surface area is 127 Å². The minimum Gasteiger partial charge on any atom is -0.366 e. The van der Waals surface area contributed by atoms with E-state index in [1.54, 1.807) is 0 Å². The summed E-state index contributed by atoms with van der Waals surface area (Å²) in [5, 5.41) is 4.21. The highest BCUT2D eigenvalue weighted by Gasteiger charge is 2.21. The first-order valence-electron chi connectivity index (χ1n) is 7.56. The molecule has 1 saturated heterocycles. The van der Waals surface area contributed by atoms with Crippen molar-refractivity contribution in [2.24, 2.45) is 0 Å². The van der Waals surface area contributed by atoms with Gasteiger partial charge in [-0.1, -0.05) is 24.6 Å². The zero-order chi connectivity index (χ0) is 14.5. The van der Waals surface area contributed by atoms with Crippen LogP contribution in [0, 0.1) is 0 Å². The highest BCUT2D eigenvalue weighted by molar-refractivity contribution is 6.33. The van der Waals surface area contributed by atoms with E-state index >= 15 is 0 Å². The van der Waals surface area contributed by atoms with E-state index < -0.39 is 0 Å². The van der Waals surface area contributed by atoms with Crippen molar-refractivity contribution in [1.82, 2.24) is 10.2 Å². The standard InChI is InChI=1S/C16H26ClN3/c1-4-18-11-14-6-7-16(15(17)10-14)20-9-5-8-19(3)12-13(20)2/h6-7,10,13,18H,4-5,8-9,11-12H2,1-3H3. The van der Waals surface area contributed by atoms with Crippen molar-refractivity contribution in [3.8, 4) is 0 Å². The van der Waals surface area contributed by atoms with Crippen molar-refractivity contribution in [2.45, 2.75) is 32.9 Å². The third-order valence-electron chi connectivity index (χ3n) is 3.95. The van der Waals surface area contributed by atoms with E-state index in [4.69, 9.17) is 11.6 Å². The lowest BCUT2D eigenvalue weighted by molar-refractivity contribution is 0.337. The monoisotopic (exact) mass is 295 g/mol. The van der Waals surface area contributed by atoms with Crippen LogP contribution in [0.3, 0.4) is 0 Å². The summed E-state index contributed by atoms with van der Waals surface area (Å²) < 4.78 is 0. The molecule has 20 heavy (non-hydrogen) atoms. The molecule has 2 rings (SSSR count). The zero-order valence-electron chi connectivity index (χ0n) is 12.8. The molecule has 0 aromatic heterocycles. The van der Waals surface area contributed by atoms with Gasteiger partial charge in [0.05, 0.1) is 10.7 Å². The van der Waals surface area contributed by atoms with Gasteiger partial charge in [0.1, 0.15) is 0 Å². The van der Waals surface area contributed by atoms with Gasteiger partial charge in [-0.05, 0) is 51.2 Å². The zero-order valence-corrected chi connectivity index (χ0v) is 13.6. The lowest BCUT2D eigenvalue weighted by Crippen LogP contribution is -2.38. The Balaban J connectivity index is 2.14. The van der Waals surface area contributed by atoms with Crippen molar-refractivity contribution >= 4 is 17.3 Å². The van der Waals surface area contributed by atoms with Crippen LogP contribution in [0.1, 0.15) is 25.8 Å². The molecular weight excluding hydrogens is 270 g/mol. The molecule has 0 bridgehead atoms. The molecule has 4 heteroatoms. The van der Waals surface area contributed by atoms with Gasteiger partial charge in [-0.3, -0.25) is 0 Å². The average Bonchev–Trinajstić information content (AvgIpc) is 2.57. The molecule has 1 fully saturated rings. The van der Waals surface area contributed by atoms with Gasteiger partial charge in [-0.2, -0.15) is 0 Å². The molecule has 1 heterocycles. The summed E-state index contributed by atoms with van der Waals surface area (Å²) in [6.45, 7) is 9.60. The summed E-state index contributed by atoms with van der Waals surface area (Å²) in [6, 6.07) is 6.96. The van der Waals surface area contributed by atoms with Crippen molar-refractivity contribution < 1.29 is 0 Å². The van der Waals surface area contributed by atoms with Crippen LogP contribution in [0.15, 0.2) is 18.2 Å². The Morgan fingerprint density at radius 3 is 2.85 bits per heavy atom. The molecule has 3 nitrogen and oxygen atoms in total. The predicted octanol–water partition coefficient (Wildman–Crippen LogP) is 2.98. The van der Waals surface area contributed by atoms with Gasteiger partial charge in [0.25, 0.3) is 0 Å². The number of hydrogen-bond acceptors (Lipinski definition) is 3. The molecule has 1 atom stereocenters. The van der Waals surface area contributed by atoms with Crippen molar-refractivity contribution in [2.75, 3.05) is 38.1 Å². The fraction of sp³-hybridized carbons (Fsp3) is 0.625. The van der Waals surface area contributed by atoms with Crippen LogP contribution in [0.5, 0.6) is 0 Å². The van der Waals surface area contributed by atoms with E-state index in [0.29, 0.717) is 6.04 Å². The summed E-state index contributed by atoms with van der Waals surface area (Å²) >= 11 is 6.51. The predicted molar refractivity (Wildman–Crippen MR) is 87.8 cm³/mol. The highest BCUT2D eigenvalue weighted by atomic mass is 35.5. The molecule has 0 amide bonds. The first-order chi connectivity index (χ1) is 9.61. The number of nitrogens with one attached hydrogen (secondary N) is 1. The largest absolute Gasteiger partial charge is 0.366 e. The fourth-order valence-electron chi connectivity index (χ4n) is 2.89. The number of likely N-dealkylation sites (N-methyl/N-ethyl adjacent to an activating group) is 1. The molecule has 1 aliphatic heterocycles. The molecule has 112 valence electrons. The van der Waals surface area contributed by atoms with Crippen LogP contribution in [-0.4, -0.2) is 44.2 Å². The van der Waals surface area contributed by atoms with Gasteiger partial charge in [-0.25, -0.2) is 0 Å². The maximum Gasteiger partial charge on any atom is 0.0642 e. The Hall–Kier alpha value is -0.770. The van der Waals surface area contributed by atoms with E-state index in [0.717, 1.165) is 37.7 Å². The number of nitrogens with zero attached hydrogens (tertiary/aromatic N) is 2. The number of benzene rings is 1. The molecule has 0 spiro atoms. The highest BCUT2D eigenvalue weighted by Crippen LogP contribution is 2.29. The quantitative estimate of drug-likeness (QED) is 0.921. The van der Waals surface area contributed by atoms with Gasteiger partial charge in [-0.15, -0.1) is 0 Å². The summed E-state index contributed by atoms with van der Waals surface area (Å²) in [4.78, 5) is 4.85. The molecular formula is C16H26ClN3.